The highest BCUT2D eigenvalue weighted by molar-refractivity contribution is 9.10. The van der Waals surface area contributed by atoms with Gasteiger partial charge in [-0.25, -0.2) is 0 Å². The van der Waals surface area contributed by atoms with E-state index in [1.54, 1.807) is 0 Å². The molecule has 0 N–H and O–H groups in total. The Kier molecular flexibility index (Phi) is 5.37. The highest BCUT2D eigenvalue weighted by Gasteiger charge is 2.20. The van der Waals surface area contributed by atoms with E-state index in [4.69, 9.17) is 9.47 Å². The van der Waals surface area contributed by atoms with Crippen LogP contribution in [0.5, 0.6) is 5.75 Å². The summed E-state index contributed by atoms with van der Waals surface area (Å²) in [5.41, 5.74) is 0.721. The SMILES string of the molecule is O=C(c1ccc(OCC2CCCO2)c(Br)c1)N1CCCCC1. The second-order valence-electron chi connectivity index (χ2n) is 5.94. The number of halogens is 1. The molecule has 0 radical (unpaired) electrons. The van der Waals surface area contributed by atoms with Crippen molar-refractivity contribution < 1.29 is 14.3 Å². The predicted octanol–water partition coefficient (Wildman–Crippen LogP) is 3.63. The highest BCUT2D eigenvalue weighted by Crippen LogP contribution is 2.28. The standard InChI is InChI=1S/C17H22BrNO3/c18-15-11-13(17(20)19-8-2-1-3-9-19)6-7-16(15)22-12-14-5-4-10-21-14/h6-7,11,14H,1-5,8-10,12H2. The first-order valence-electron chi connectivity index (χ1n) is 8.07. The zero-order valence-corrected chi connectivity index (χ0v) is 14.3. The number of piperidine rings is 1. The second-order valence-corrected chi connectivity index (χ2v) is 6.80. The van der Waals surface area contributed by atoms with E-state index >= 15 is 0 Å². The van der Waals surface area contributed by atoms with Crippen LogP contribution in [0, 0.1) is 0 Å². The van der Waals surface area contributed by atoms with Crippen LogP contribution < -0.4 is 4.74 Å². The second kappa shape index (κ2) is 7.47. The van der Waals surface area contributed by atoms with Crippen molar-refractivity contribution in [2.45, 2.75) is 38.2 Å². The van der Waals surface area contributed by atoms with Crippen LogP contribution in [-0.2, 0) is 4.74 Å². The molecule has 22 heavy (non-hydrogen) atoms. The minimum atomic E-state index is 0.117. The summed E-state index contributed by atoms with van der Waals surface area (Å²) in [6.07, 6.45) is 5.80. The summed E-state index contributed by atoms with van der Waals surface area (Å²) in [7, 11) is 0. The molecule has 0 bridgehead atoms. The van der Waals surface area contributed by atoms with E-state index in [-0.39, 0.29) is 12.0 Å². The van der Waals surface area contributed by atoms with Crippen molar-refractivity contribution in [3.8, 4) is 5.75 Å². The number of hydrogen-bond acceptors (Lipinski definition) is 3. The molecule has 2 saturated heterocycles. The van der Waals surface area contributed by atoms with Gasteiger partial charge in [0.1, 0.15) is 12.4 Å². The van der Waals surface area contributed by atoms with Crippen molar-refractivity contribution in [2.75, 3.05) is 26.3 Å². The zero-order chi connectivity index (χ0) is 15.4. The lowest BCUT2D eigenvalue weighted by Gasteiger charge is -2.26. The average Bonchev–Trinajstić information content (AvgIpc) is 3.07. The maximum atomic E-state index is 12.5. The van der Waals surface area contributed by atoms with Crippen LogP contribution in [0.3, 0.4) is 0 Å². The molecule has 1 aromatic rings. The Hall–Kier alpha value is -1.07. The summed E-state index contributed by atoms with van der Waals surface area (Å²) in [5.74, 6) is 0.886. The molecule has 5 heteroatoms. The van der Waals surface area contributed by atoms with Gasteiger partial charge >= 0.3 is 0 Å². The van der Waals surface area contributed by atoms with Gasteiger partial charge in [0.15, 0.2) is 0 Å². The molecule has 1 atom stereocenters. The highest BCUT2D eigenvalue weighted by atomic mass is 79.9. The van der Waals surface area contributed by atoms with Crippen LogP contribution in [0.2, 0.25) is 0 Å². The number of benzene rings is 1. The lowest BCUT2D eigenvalue weighted by atomic mass is 10.1. The molecule has 2 heterocycles. The van der Waals surface area contributed by atoms with Crippen molar-refractivity contribution in [3.63, 3.8) is 0 Å². The van der Waals surface area contributed by atoms with Gasteiger partial charge < -0.3 is 14.4 Å². The van der Waals surface area contributed by atoms with Crippen LogP contribution in [0.25, 0.3) is 0 Å². The Labute approximate surface area is 139 Å². The van der Waals surface area contributed by atoms with Gasteiger partial charge in [-0.15, -0.1) is 0 Å². The van der Waals surface area contributed by atoms with Gasteiger partial charge in [0.2, 0.25) is 0 Å². The number of rotatable bonds is 4. The van der Waals surface area contributed by atoms with Crippen molar-refractivity contribution in [1.29, 1.82) is 0 Å². The number of carbonyl (C=O) groups is 1. The van der Waals surface area contributed by atoms with E-state index in [1.807, 2.05) is 23.1 Å². The van der Waals surface area contributed by atoms with Gasteiger partial charge in [0.05, 0.1) is 10.6 Å². The lowest BCUT2D eigenvalue weighted by molar-refractivity contribution is 0.0675. The molecule has 3 rings (SSSR count). The quantitative estimate of drug-likeness (QED) is 0.815. The summed E-state index contributed by atoms with van der Waals surface area (Å²) in [5, 5.41) is 0. The molecule has 120 valence electrons. The summed E-state index contributed by atoms with van der Waals surface area (Å²) in [6.45, 7) is 3.14. The smallest absolute Gasteiger partial charge is 0.253 e. The van der Waals surface area contributed by atoms with Gasteiger partial charge in [0, 0.05) is 25.3 Å². The number of amides is 1. The third-order valence-corrected chi connectivity index (χ3v) is 4.89. The molecule has 1 unspecified atom stereocenters. The molecular weight excluding hydrogens is 346 g/mol. The Morgan fingerprint density at radius 1 is 1.27 bits per heavy atom. The molecule has 2 aliphatic rings. The topological polar surface area (TPSA) is 38.8 Å². The van der Waals surface area contributed by atoms with E-state index in [0.29, 0.717) is 6.61 Å². The van der Waals surface area contributed by atoms with Crippen LogP contribution in [-0.4, -0.2) is 43.2 Å². The molecule has 0 saturated carbocycles. The molecule has 2 aliphatic heterocycles. The summed E-state index contributed by atoms with van der Waals surface area (Å²) in [6, 6.07) is 5.59. The van der Waals surface area contributed by atoms with Crippen LogP contribution in [0.4, 0.5) is 0 Å². The molecule has 1 amide bonds. The number of hydrogen-bond donors (Lipinski definition) is 0. The van der Waals surface area contributed by atoms with Crippen LogP contribution in [0.15, 0.2) is 22.7 Å². The van der Waals surface area contributed by atoms with Crippen molar-refractivity contribution in [2.24, 2.45) is 0 Å². The first kappa shape index (κ1) is 15.8. The zero-order valence-electron chi connectivity index (χ0n) is 12.7. The van der Waals surface area contributed by atoms with Gasteiger partial charge in [0.25, 0.3) is 5.91 Å². The van der Waals surface area contributed by atoms with Gasteiger partial charge in [-0.2, -0.15) is 0 Å². The van der Waals surface area contributed by atoms with Gasteiger partial charge in [-0.3, -0.25) is 4.79 Å². The van der Waals surface area contributed by atoms with E-state index in [0.717, 1.165) is 61.2 Å². The van der Waals surface area contributed by atoms with Crippen molar-refractivity contribution >= 4 is 21.8 Å². The third-order valence-electron chi connectivity index (χ3n) is 4.27. The van der Waals surface area contributed by atoms with E-state index < -0.39 is 0 Å². The Bertz CT molecular complexity index is 523. The molecule has 0 spiro atoms. The van der Waals surface area contributed by atoms with Crippen molar-refractivity contribution in [3.05, 3.63) is 28.2 Å². The Morgan fingerprint density at radius 3 is 2.77 bits per heavy atom. The fourth-order valence-corrected chi connectivity index (χ4v) is 3.48. The van der Waals surface area contributed by atoms with Gasteiger partial charge in [-0.05, 0) is 66.2 Å². The molecule has 0 aromatic heterocycles. The fraction of sp³-hybridized carbons (Fsp3) is 0.588. The van der Waals surface area contributed by atoms with Crippen molar-refractivity contribution in [1.82, 2.24) is 4.90 Å². The Morgan fingerprint density at radius 2 is 2.09 bits per heavy atom. The molecule has 0 aliphatic carbocycles. The normalized spacial score (nSPS) is 21.9. The minimum Gasteiger partial charge on any atom is -0.490 e. The predicted molar refractivity (Wildman–Crippen MR) is 88.4 cm³/mol. The summed E-state index contributed by atoms with van der Waals surface area (Å²) in [4.78, 5) is 14.4. The van der Waals surface area contributed by atoms with Gasteiger partial charge in [-0.1, -0.05) is 0 Å². The number of likely N-dealkylation sites (tertiary alicyclic amines) is 1. The molecule has 1 aromatic carbocycles. The first-order valence-corrected chi connectivity index (χ1v) is 8.86. The number of carbonyl (C=O) groups excluding carboxylic acids is 1. The third kappa shape index (κ3) is 3.82. The molecule has 2 fully saturated rings. The van der Waals surface area contributed by atoms with Crippen LogP contribution >= 0.6 is 15.9 Å². The maximum Gasteiger partial charge on any atom is 0.253 e. The number of nitrogens with zero attached hydrogens (tertiary/aromatic N) is 1. The fourth-order valence-electron chi connectivity index (χ4n) is 2.99. The Balaban J connectivity index is 1.61. The van der Waals surface area contributed by atoms with E-state index in [9.17, 15) is 4.79 Å². The maximum absolute atomic E-state index is 12.5. The largest absolute Gasteiger partial charge is 0.490 e. The van der Waals surface area contributed by atoms with Crippen LogP contribution in [0.1, 0.15) is 42.5 Å². The monoisotopic (exact) mass is 367 g/mol. The van der Waals surface area contributed by atoms with E-state index in [2.05, 4.69) is 15.9 Å². The lowest BCUT2D eigenvalue weighted by Crippen LogP contribution is -2.35. The summed E-state index contributed by atoms with van der Waals surface area (Å²) < 4.78 is 12.2. The minimum absolute atomic E-state index is 0.117. The first-order chi connectivity index (χ1) is 10.7. The average molecular weight is 368 g/mol. The summed E-state index contributed by atoms with van der Waals surface area (Å²) >= 11 is 3.51. The molecular formula is C17H22BrNO3. The number of ether oxygens (including phenoxy) is 2. The van der Waals surface area contributed by atoms with E-state index in [1.165, 1.54) is 6.42 Å². The molecule has 4 nitrogen and oxygen atoms in total.